The van der Waals surface area contributed by atoms with Gasteiger partial charge in [-0.1, -0.05) is 10.6 Å². The molecule has 1 atom stereocenters. The molecule has 0 unspecified atom stereocenters. The second kappa shape index (κ2) is 9.13. The standard InChI is InChI=1S/C19H21N5O4S2/c1-11-15(30-23-22-11)19(26)24-7-9-28-13(10-24)14-12-4-3-5-21-18(12)29-16(14)17(25)20-6-8-27-2/h3-5,13H,6-10H2,1-2H3,(H,20,25)/t13-/m1/s1. The molecule has 2 amide bonds. The average molecular weight is 448 g/mol. The van der Waals surface area contributed by atoms with Crippen LogP contribution in [0.3, 0.4) is 0 Å². The zero-order valence-corrected chi connectivity index (χ0v) is 18.2. The summed E-state index contributed by atoms with van der Waals surface area (Å²) in [6, 6.07) is 3.77. The monoisotopic (exact) mass is 447 g/mol. The van der Waals surface area contributed by atoms with Crippen molar-refractivity contribution in [1.29, 1.82) is 0 Å². The number of pyridine rings is 1. The molecule has 1 aliphatic heterocycles. The minimum Gasteiger partial charge on any atom is -0.383 e. The molecular weight excluding hydrogens is 426 g/mol. The minimum absolute atomic E-state index is 0.112. The fourth-order valence-electron chi connectivity index (χ4n) is 3.37. The van der Waals surface area contributed by atoms with Crippen LogP contribution in [0.5, 0.6) is 0 Å². The van der Waals surface area contributed by atoms with Crippen LogP contribution in [0.25, 0.3) is 10.2 Å². The maximum absolute atomic E-state index is 13.0. The molecule has 9 nitrogen and oxygen atoms in total. The van der Waals surface area contributed by atoms with Crippen LogP contribution in [0.4, 0.5) is 0 Å². The summed E-state index contributed by atoms with van der Waals surface area (Å²) >= 11 is 2.42. The number of nitrogens with one attached hydrogen (secondary N) is 1. The Morgan fingerprint density at radius 1 is 1.40 bits per heavy atom. The first-order valence-electron chi connectivity index (χ1n) is 9.44. The third-order valence-corrected chi connectivity index (χ3v) is 6.77. The number of nitrogens with zero attached hydrogens (tertiary/aromatic N) is 4. The maximum atomic E-state index is 13.0. The molecule has 1 aliphatic rings. The van der Waals surface area contributed by atoms with Gasteiger partial charge in [0.15, 0.2) is 0 Å². The van der Waals surface area contributed by atoms with Crippen LogP contribution >= 0.6 is 22.9 Å². The summed E-state index contributed by atoms with van der Waals surface area (Å²) < 4.78 is 14.9. The van der Waals surface area contributed by atoms with Crippen molar-refractivity contribution >= 4 is 44.9 Å². The van der Waals surface area contributed by atoms with Crippen LogP contribution in [0.2, 0.25) is 0 Å². The number of amides is 2. The molecule has 0 saturated carbocycles. The Labute approximate surface area is 181 Å². The van der Waals surface area contributed by atoms with Crippen molar-refractivity contribution in [2.24, 2.45) is 0 Å². The molecule has 0 bridgehead atoms. The molecule has 3 aromatic rings. The van der Waals surface area contributed by atoms with E-state index in [-0.39, 0.29) is 11.8 Å². The first kappa shape index (κ1) is 20.8. The first-order valence-corrected chi connectivity index (χ1v) is 11.0. The number of methoxy groups -OCH3 is 1. The SMILES string of the molecule is COCCNC(=O)c1sc2ncccc2c1[C@H]1CN(C(=O)c2snnc2C)CCO1. The van der Waals surface area contributed by atoms with E-state index >= 15 is 0 Å². The average Bonchev–Trinajstić information content (AvgIpc) is 3.37. The smallest absolute Gasteiger partial charge is 0.267 e. The van der Waals surface area contributed by atoms with Gasteiger partial charge in [0.25, 0.3) is 11.8 Å². The molecule has 0 radical (unpaired) electrons. The molecule has 4 heterocycles. The quantitative estimate of drug-likeness (QED) is 0.576. The van der Waals surface area contributed by atoms with Crippen molar-refractivity contribution in [2.45, 2.75) is 13.0 Å². The Morgan fingerprint density at radius 2 is 2.27 bits per heavy atom. The zero-order valence-electron chi connectivity index (χ0n) is 16.6. The summed E-state index contributed by atoms with van der Waals surface area (Å²) in [5.74, 6) is -0.306. The normalized spacial score (nSPS) is 16.7. The number of ether oxygens (including phenoxy) is 2. The number of aryl methyl sites for hydroxylation is 1. The third kappa shape index (κ3) is 4.06. The van der Waals surface area contributed by atoms with Crippen LogP contribution in [0, 0.1) is 6.92 Å². The summed E-state index contributed by atoms with van der Waals surface area (Å²) in [7, 11) is 1.59. The highest BCUT2D eigenvalue weighted by molar-refractivity contribution is 7.20. The van der Waals surface area contributed by atoms with Crippen LogP contribution in [0.15, 0.2) is 18.3 Å². The molecule has 158 valence electrons. The molecule has 1 fully saturated rings. The lowest BCUT2D eigenvalue weighted by atomic mass is 10.0. The van der Waals surface area contributed by atoms with E-state index in [1.807, 2.05) is 12.1 Å². The lowest BCUT2D eigenvalue weighted by molar-refractivity contribution is -0.0221. The van der Waals surface area contributed by atoms with E-state index in [1.54, 1.807) is 25.1 Å². The number of carbonyl (C=O) groups excluding carboxylic acids is 2. The van der Waals surface area contributed by atoms with Crippen LogP contribution in [0.1, 0.15) is 36.7 Å². The van der Waals surface area contributed by atoms with E-state index in [4.69, 9.17) is 9.47 Å². The van der Waals surface area contributed by atoms with Crippen molar-refractivity contribution in [3.63, 3.8) is 0 Å². The fraction of sp³-hybridized carbons (Fsp3) is 0.421. The lowest BCUT2D eigenvalue weighted by Crippen LogP contribution is -2.42. The maximum Gasteiger partial charge on any atom is 0.267 e. The Balaban J connectivity index is 1.64. The molecule has 3 aromatic heterocycles. The van der Waals surface area contributed by atoms with Gasteiger partial charge in [0, 0.05) is 37.3 Å². The highest BCUT2D eigenvalue weighted by Crippen LogP contribution is 2.37. The van der Waals surface area contributed by atoms with Crippen molar-refractivity contribution in [3.8, 4) is 0 Å². The molecule has 11 heteroatoms. The van der Waals surface area contributed by atoms with Gasteiger partial charge in [0.2, 0.25) is 0 Å². The van der Waals surface area contributed by atoms with Gasteiger partial charge in [-0.3, -0.25) is 9.59 Å². The molecule has 0 aromatic carbocycles. The zero-order chi connectivity index (χ0) is 21.1. The molecule has 0 aliphatic carbocycles. The predicted molar refractivity (Wildman–Crippen MR) is 113 cm³/mol. The van der Waals surface area contributed by atoms with Crippen LogP contribution < -0.4 is 5.32 Å². The van der Waals surface area contributed by atoms with Gasteiger partial charge in [0.1, 0.15) is 20.7 Å². The van der Waals surface area contributed by atoms with Gasteiger partial charge in [-0.25, -0.2) is 4.98 Å². The minimum atomic E-state index is -0.426. The number of fused-ring (bicyclic) bond motifs is 1. The highest BCUT2D eigenvalue weighted by Gasteiger charge is 2.33. The van der Waals surface area contributed by atoms with Gasteiger partial charge in [0.05, 0.1) is 25.5 Å². The number of hydrogen-bond acceptors (Lipinski definition) is 9. The Morgan fingerprint density at radius 3 is 3.03 bits per heavy atom. The topological polar surface area (TPSA) is 107 Å². The van der Waals surface area contributed by atoms with Gasteiger partial charge in [-0.2, -0.15) is 0 Å². The summed E-state index contributed by atoms with van der Waals surface area (Å²) in [6.45, 7) is 3.80. The largest absolute Gasteiger partial charge is 0.383 e. The van der Waals surface area contributed by atoms with Crippen molar-refractivity contribution < 1.29 is 19.1 Å². The number of morpholine rings is 1. The summed E-state index contributed by atoms with van der Waals surface area (Å²) in [6.07, 6.45) is 1.27. The number of aromatic nitrogens is 3. The number of thiophene rings is 1. The summed E-state index contributed by atoms with van der Waals surface area (Å²) in [5.41, 5.74) is 1.39. The van der Waals surface area contributed by atoms with E-state index < -0.39 is 6.10 Å². The van der Waals surface area contributed by atoms with E-state index in [0.29, 0.717) is 48.3 Å². The van der Waals surface area contributed by atoms with Gasteiger partial charge in [-0.15, -0.1) is 16.4 Å². The van der Waals surface area contributed by atoms with Crippen LogP contribution in [-0.2, 0) is 9.47 Å². The predicted octanol–water partition coefficient (Wildman–Crippen LogP) is 2.05. The van der Waals surface area contributed by atoms with Gasteiger partial charge >= 0.3 is 0 Å². The van der Waals surface area contributed by atoms with E-state index in [2.05, 4.69) is 19.9 Å². The highest BCUT2D eigenvalue weighted by atomic mass is 32.1. The summed E-state index contributed by atoms with van der Waals surface area (Å²) in [5, 5.41) is 7.68. The molecule has 30 heavy (non-hydrogen) atoms. The van der Waals surface area contributed by atoms with Gasteiger partial charge in [-0.05, 0) is 24.5 Å². The number of carbonyl (C=O) groups is 2. The van der Waals surface area contributed by atoms with Crippen molar-refractivity contribution in [2.75, 3.05) is 40.0 Å². The third-order valence-electron chi connectivity index (χ3n) is 4.82. The lowest BCUT2D eigenvalue weighted by Gasteiger charge is -2.33. The number of rotatable bonds is 6. The second-order valence-corrected chi connectivity index (χ2v) is 8.50. The molecule has 0 spiro atoms. The summed E-state index contributed by atoms with van der Waals surface area (Å²) in [4.78, 5) is 33.8. The first-order chi connectivity index (χ1) is 14.6. The molecular formula is C19H21N5O4S2. The van der Waals surface area contributed by atoms with Crippen LogP contribution in [-0.4, -0.2) is 71.2 Å². The van der Waals surface area contributed by atoms with Crippen molar-refractivity contribution in [1.82, 2.24) is 24.8 Å². The molecule has 4 rings (SSSR count). The Kier molecular flexibility index (Phi) is 6.32. The second-order valence-electron chi connectivity index (χ2n) is 6.75. The molecule has 1 saturated heterocycles. The van der Waals surface area contributed by atoms with E-state index in [9.17, 15) is 9.59 Å². The Bertz CT molecular complexity index is 1070. The van der Waals surface area contributed by atoms with E-state index in [0.717, 1.165) is 27.3 Å². The van der Waals surface area contributed by atoms with Gasteiger partial charge < -0.3 is 19.7 Å². The molecule has 1 N–H and O–H groups in total. The fourth-order valence-corrected chi connectivity index (χ4v) is 5.10. The van der Waals surface area contributed by atoms with Crippen molar-refractivity contribution in [3.05, 3.63) is 39.3 Å². The Hall–Kier alpha value is -2.47. The van der Waals surface area contributed by atoms with E-state index in [1.165, 1.54) is 11.3 Å². The number of hydrogen-bond donors (Lipinski definition) is 1.